The Morgan fingerprint density at radius 2 is 2.05 bits per heavy atom. The summed E-state index contributed by atoms with van der Waals surface area (Å²) in [6.07, 6.45) is 6.23. The van der Waals surface area contributed by atoms with Gasteiger partial charge in [-0.1, -0.05) is 6.42 Å². The molecule has 1 amide bonds. The zero-order valence-electron chi connectivity index (χ0n) is 12.5. The Balaban J connectivity index is 1.50. The molecule has 2 atom stereocenters. The van der Waals surface area contributed by atoms with Crippen LogP contribution in [0, 0.1) is 5.92 Å². The number of unbranched alkanes of at least 4 members (excludes halogenated alkanes) is 1. The van der Waals surface area contributed by atoms with Gasteiger partial charge in [-0.25, -0.2) is 0 Å². The van der Waals surface area contributed by atoms with Crippen LogP contribution in [0.2, 0.25) is 0 Å². The molecular weight excluding hydrogens is 254 g/mol. The van der Waals surface area contributed by atoms with E-state index in [-0.39, 0.29) is 17.9 Å². The van der Waals surface area contributed by atoms with Crippen molar-refractivity contribution >= 4 is 5.91 Å². The number of hydrogen-bond acceptors (Lipinski definition) is 4. The van der Waals surface area contributed by atoms with Crippen molar-refractivity contribution in [1.29, 1.82) is 0 Å². The third-order valence-electron chi connectivity index (χ3n) is 4.39. The quantitative estimate of drug-likeness (QED) is 0.705. The third kappa shape index (κ3) is 5.38. The largest absolute Gasteiger partial charge is 0.379 e. The molecule has 0 spiro atoms. The van der Waals surface area contributed by atoms with Crippen molar-refractivity contribution in [3.05, 3.63) is 0 Å². The van der Waals surface area contributed by atoms with E-state index in [0.29, 0.717) is 0 Å². The number of carbonyl (C=O) groups is 1. The van der Waals surface area contributed by atoms with E-state index in [4.69, 9.17) is 10.5 Å². The molecule has 0 aromatic carbocycles. The monoisotopic (exact) mass is 283 g/mol. The van der Waals surface area contributed by atoms with Gasteiger partial charge in [0, 0.05) is 31.6 Å². The highest BCUT2D eigenvalue weighted by molar-refractivity contribution is 5.78. The highest BCUT2D eigenvalue weighted by Gasteiger charge is 2.24. The SMILES string of the molecule is NC1CCCC(C(=O)NCCCCN2CCOCC2)C1. The molecule has 1 saturated carbocycles. The molecule has 5 heteroatoms. The van der Waals surface area contributed by atoms with Crippen LogP contribution in [0.15, 0.2) is 0 Å². The lowest BCUT2D eigenvalue weighted by Crippen LogP contribution is -2.39. The van der Waals surface area contributed by atoms with E-state index in [1.54, 1.807) is 0 Å². The van der Waals surface area contributed by atoms with Gasteiger partial charge in [-0.05, 0) is 38.6 Å². The molecule has 0 aromatic rings. The summed E-state index contributed by atoms with van der Waals surface area (Å²) in [6.45, 7) is 5.73. The van der Waals surface area contributed by atoms with Crippen molar-refractivity contribution in [3.63, 3.8) is 0 Å². The van der Waals surface area contributed by atoms with Crippen molar-refractivity contribution < 1.29 is 9.53 Å². The molecule has 1 saturated heterocycles. The molecule has 116 valence electrons. The van der Waals surface area contributed by atoms with Crippen molar-refractivity contribution in [2.75, 3.05) is 39.4 Å². The molecule has 2 rings (SSSR count). The van der Waals surface area contributed by atoms with E-state index in [0.717, 1.165) is 77.9 Å². The van der Waals surface area contributed by atoms with Gasteiger partial charge in [-0.15, -0.1) is 0 Å². The Labute approximate surface area is 122 Å². The van der Waals surface area contributed by atoms with Crippen molar-refractivity contribution in [2.24, 2.45) is 11.7 Å². The maximum absolute atomic E-state index is 12.0. The van der Waals surface area contributed by atoms with Crippen LogP contribution in [0.1, 0.15) is 38.5 Å². The van der Waals surface area contributed by atoms with Gasteiger partial charge in [-0.3, -0.25) is 9.69 Å². The average molecular weight is 283 g/mol. The topological polar surface area (TPSA) is 67.6 Å². The minimum atomic E-state index is 0.151. The summed E-state index contributed by atoms with van der Waals surface area (Å²) in [4.78, 5) is 14.5. The standard InChI is InChI=1S/C15H29N3O2/c16-14-5-3-4-13(12-14)15(19)17-6-1-2-7-18-8-10-20-11-9-18/h13-14H,1-12,16H2,(H,17,19). The van der Waals surface area contributed by atoms with Gasteiger partial charge < -0.3 is 15.8 Å². The predicted octanol–water partition coefficient (Wildman–Crippen LogP) is 0.732. The van der Waals surface area contributed by atoms with Crippen molar-refractivity contribution in [2.45, 2.75) is 44.6 Å². The van der Waals surface area contributed by atoms with Gasteiger partial charge in [0.25, 0.3) is 0 Å². The second-order valence-electron chi connectivity index (χ2n) is 6.08. The minimum absolute atomic E-state index is 0.151. The van der Waals surface area contributed by atoms with E-state index in [9.17, 15) is 4.79 Å². The maximum atomic E-state index is 12.0. The van der Waals surface area contributed by atoms with Gasteiger partial charge in [-0.2, -0.15) is 0 Å². The molecule has 1 heterocycles. The van der Waals surface area contributed by atoms with Gasteiger partial charge in [0.05, 0.1) is 13.2 Å². The smallest absolute Gasteiger partial charge is 0.223 e. The lowest BCUT2D eigenvalue weighted by Gasteiger charge is -2.27. The lowest BCUT2D eigenvalue weighted by atomic mass is 9.85. The zero-order valence-corrected chi connectivity index (χ0v) is 12.5. The first-order valence-corrected chi connectivity index (χ1v) is 8.09. The molecular formula is C15H29N3O2. The van der Waals surface area contributed by atoms with E-state index in [1.807, 2.05) is 0 Å². The molecule has 5 nitrogen and oxygen atoms in total. The number of nitrogens with one attached hydrogen (secondary N) is 1. The van der Waals surface area contributed by atoms with Crippen LogP contribution in [0.5, 0.6) is 0 Å². The number of hydrogen-bond donors (Lipinski definition) is 2. The summed E-state index contributed by atoms with van der Waals surface area (Å²) in [5.74, 6) is 0.365. The van der Waals surface area contributed by atoms with E-state index in [2.05, 4.69) is 10.2 Å². The van der Waals surface area contributed by atoms with Crippen LogP contribution >= 0.6 is 0 Å². The molecule has 2 aliphatic rings. The van der Waals surface area contributed by atoms with Crippen LogP contribution in [-0.4, -0.2) is 56.2 Å². The molecule has 2 fully saturated rings. The summed E-state index contributed by atoms with van der Waals surface area (Å²) >= 11 is 0. The number of nitrogens with two attached hydrogens (primary N) is 1. The minimum Gasteiger partial charge on any atom is -0.379 e. The summed E-state index contributed by atoms with van der Waals surface area (Å²) in [7, 11) is 0. The van der Waals surface area contributed by atoms with Gasteiger partial charge in [0.2, 0.25) is 5.91 Å². The van der Waals surface area contributed by atoms with Gasteiger partial charge in [0.15, 0.2) is 0 Å². The number of ether oxygens (including phenoxy) is 1. The number of nitrogens with zero attached hydrogens (tertiary/aromatic N) is 1. The average Bonchev–Trinajstić information content (AvgIpc) is 2.48. The molecule has 0 radical (unpaired) electrons. The fourth-order valence-electron chi connectivity index (χ4n) is 3.11. The van der Waals surface area contributed by atoms with Gasteiger partial charge >= 0.3 is 0 Å². The second kappa shape index (κ2) is 8.60. The third-order valence-corrected chi connectivity index (χ3v) is 4.39. The fraction of sp³-hybridized carbons (Fsp3) is 0.933. The molecule has 2 unspecified atom stereocenters. The fourth-order valence-corrected chi connectivity index (χ4v) is 3.11. The maximum Gasteiger partial charge on any atom is 0.223 e. The molecule has 3 N–H and O–H groups in total. The summed E-state index contributed by atoms with van der Waals surface area (Å²) in [5, 5.41) is 3.07. The van der Waals surface area contributed by atoms with Crippen LogP contribution < -0.4 is 11.1 Å². The number of amides is 1. The summed E-state index contributed by atoms with van der Waals surface area (Å²) in [6, 6.07) is 0.223. The molecule has 1 aliphatic carbocycles. The van der Waals surface area contributed by atoms with Crippen LogP contribution in [0.25, 0.3) is 0 Å². The highest BCUT2D eigenvalue weighted by Crippen LogP contribution is 2.23. The van der Waals surface area contributed by atoms with Gasteiger partial charge in [0.1, 0.15) is 0 Å². The normalized spacial score (nSPS) is 28.2. The lowest BCUT2D eigenvalue weighted by molar-refractivity contribution is -0.126. The highest BCUT2D eigenvalue weighted by atomic mass is 16.5. The number of rotatable bonds is 6. The molecule has 1 aliphatic heterocycles. The Morgan fingerprint density at radius 3 is 2.80 bits per heavy atom. The van der Waals surface area contributed by atoms with Crippen LogP contribution in [0.3, 0.4) is 0 Å². The summed E-state index contributed by atoms with van der Waals surface area (Å²) < 4.78 is 5.33. The molecule has 20 heavy (non-hydrogen) atoms. The van der Waals surface area contributed by atoms with E-state index >= 15 is 0 Å². The predicted molar refractivity (Wildman–Crippen MR) is 79.4 cm³/mol. The Bertz CT molecular complexity index is 293. The first-order chi connectivity index (χ1) is 9.75. The van der Waals surface area contributed by atoms with Crippen LogP contribution in [0.4, 0.5) is 0 Å². The van der Waals surface area contributed by atoms with Crippen LogP contribution in [-0.2, 0) is 9.53 Å². The second-order valence-corrected chi connectivity index (χ2v) is 6.08. The zero-order chi connectivity index (χ0) is 14.2. The Morgan fingerprint density at radius 1 is 1.25 bits per heavy atom. The first kappa shape index (κ1) is 15.7. The van der Waals surface area contributed by atoms with Crippen molar-refractivity contribution in [1.82, 2.24) is 10.2 Å². The molecule has 0 aromatic heterocycles. The van der Waals surface area contributed by atoms with E-state index < -0.39 is 0 Å². The van der Waals surface area contributed by atoms with E-state index in [1.165, 1.54) is 0 Å². The Kier molecular flexibility index (Phi) is 6.76. The first-order valence-electron chi connectivity index (χ1n) is 8.09. The summed E-state index contributed by atoms with van der Waals surface area (Å²) in [5.41, 5.74) is 5.93. The molecule has 0 bridgehead atoms. The van der Waals surface area contributed by atoms with Crippen molar-refractivity contribution in [3.8, 4) is 0 Å². The number of carbonyl (C=O) groups excluding carboxylic acids is 1. The Hall–Kier alpha value is -0.650. The number of morpholine rings is 1.